The number of rotatable bonds is 3. The lowest BCUT2D eigenvalue weighted by molar-refractivity contribution is -0.128. The zero-order valence-electron chi connectivity index (χ0n) is 12.4. The van der Waals surface area contributed by atoms with Crippen LogP contribution >= 0.6 is 11.8 Å². The van der Waals surface area contributed by atoms with E-state index < -0.39 is 6.10 Å². The molecule has 0 aliphatic carbocycles. The fourth-order valence-electron chi connectivity index (χ4n) is 2.36. The second-order valence-electron chi connectivity index (χ2n) is 5.00. The first-order valence-corrected chi connectivity index (χ1v) is 8.27. The quantitative estimate of drug-likeness (QED) is 0.880. The predicted molar refractivity (Wildman–Crippen MR) is 87.8 cm³/mol. The Morgan fingerprint density at radius 3 is 2.41 bits per heavy atom. The van der Waals surface area contributed by atoms with Crippen LogP contribution in [0.15, 0.2) is 53.4 Å². The van der Waals surface area contributed by atoms with Crippen molar-refractivity contribution in [3.63, 3.8) is 0 Å². The van der Waals surface area contributed by atoms with Crippen LogP contribution in [0.25, 0.3) is 0 Å². The molecule has 4 nitrogen and oxygen atoms in total. The summed E-state index contributed by atoms with van der Waals surface area (Å²) in [6.07, 6.45) is 0.950. The van der Waals surface area contributed by atoms with Crippen LogP contribution in [-0.2, 0) is 4.79 Å². The summed E-state index contributed by atoms with van der Waals surface area (Å²) in [7, 11) is 0. The average Bonchev–Trinajstić information content (AvgIpc) is 2.54. The van der Waals surface area contributed by atoms with Crippen molar-refractivity contribution in [3.05, 3.63) is 48.5 Å². The molecule has 2 aromatic carbocycles. The number of carbonyl (C=O) groups excluding carboxylic acids is 1. The molecule has 114 valence electrons. The number of hydrogen-bond donors (Lipinski definition) is 1. The second kappa shape index (κ2) is 6.32. The molecule has 0 radical (unpaired) electrons. The number of benzene rings is 2. The second-order valence-corrected chi connectivity index (χ2v) is 5.85. The number of carbonyl (C=O) groups is 1. The van der Waals surface area contributed by atoms with Crippen LogP contribution in [0.5, 0.6) is 11.5 Å². The number of thioether (sulfide) groups is 1. The maximum Gasteiger partial charge on any atom is 0.269 e. The Morgan fingerprint density at radius 2 is 1.68 bits per heavy atom. The van der Waals surface area contributed by atoms with Gasteiger partial charge in [0.05, 0.1) is 5.69 Å². The number of fused-ring (bicyclic) bond motifs is 1. The minimum atomic E-state index is -0.676. The number of hydrogen-bond acceptors (Lipinski definition) is 4. The molecule has 0 bridgehead atoms. The van der Waals surface area contributed by atoms with Gasteiger partial charge in [-0.2, -0.15) is 0 Å². The lowest BCUT2D eigenvalue weighted by atomic mass is 10.1. The molecule has 0 fully saturated rings. The largest absolute Gasteiger partial charge is 0.482 e. The lowest BCUT2D eigenvalue weighted by Crippen LogP contribution is -2.46. The monoisotopic (exact) mass is 315 g/mol. The molecule has 1 N–H and O–H groups in total. The van der Waals surface area contributed by atoms with Gasteiger partial charge < -0.3 is 14.8 Å². The minimum Gasteiger partial charge on any atom is -0.482 e. The first kappa shape index (κ1) is 14.8. The molecular weight excluding hydrogens is 298 g/mol. The number of nitrogens with one attached hydrogen (secondary N) is 1. The van der Waals surface area contributed by atoms with E-state index in [0.717, 1.165) is 10.6 Å². The van der Waals surface area contributed by atoms with Crippen molar-refractivity contribution in [2.75, 3.05) is 11.6 Å². The first-order chi connectivity index (χ1) is 10.7. The van der Waals surface area contributed by atoms with E-state index in [9.17, 15) is 4.79 Å². The average molecular weight is 315 g/mol. The van der Waals surface area contributed by atoms with Crippen LogP contribution in [0.3, 0.4) is 0 Å². The molecule has 22 heavy (non-hydrogen) atoms. The van der Waals surface area contributed by atoms with Crippen LogP contribution in [0.4, 0.5) is 5.69 Å². The molecule has 0 spiro atoms. The van der Waals surface area contributed by atoms with Crippen molar-refractivity contribution in [3.8, 4) is 11.5 Å². The van der Waals surface area contributed by atoms with Gasteiger partial charge in [0.15, 0.2) is 11.5 Å². The number of para-hydroxylation sites is 3. The maximum atomic E-state index is 12.5. The molecule has 1 amide bonds. The smallest absolute Gasteiger partial charge is 0.269 e. The van der Waals surface area contributed by atoms with E-state index in [-0.39, 0.29) is 12.0 Å². The number of ether oxygens (including phenoxy) is 2. The molecule has 1 heterocycles. The Bertz CT molecular complexity index is 689. The Labute approximate surface area is 133 Å². The van der Waals surface area contributed by atoms with Crippen LogP contribution in [-0.4, -0.2) is 24.4 Å². The fourth-order valence-corrected chi connectivity index (χ4v) is 2.91. The Morgan fingerprint density at radius 1 is 1.05 bits per heavy atom. The Kier molecular flexibility index (Phi) is 4.24. The van der Waals surface area contributed by atoms with Gasteiger partial charge in [-0.15, -0.1) is 11.8 Å². The molecule has 2 atom stereocenters. The summed E-state index contributed by atoms with van der Waals surface area (Å²) in [6, 6.07) is 15.1. The number of amides is 1. The highest BCUT2D eigenvalue weighted by Gasteiger charge is 2.34. The topological polar surface area (TPSA) is 47.6 Å². The normalized spacial score (nSPS) is 19.5. The SMILES string of the molecule is CSc1ccccc1NC(=O)C1Oc2ccccc2OC1C. The van der Waals surface area contributed by atoms with Gasteiger partial charge in [0.2, 0.25) is 6.10 Å². The van der Waals surface area contributed by atoms with E-state index in [4.69, 9.17) is 9.47 Å². The van der Waals surface area contributed by atoms with Gasteiger partial charge >= 0.3 is 0 Å². The zero-order chi connectivity index (χ0) is 15.5. The van der Waals surface area contributed by atoms with Crippen molar-refractivity contribution < 1.29 is 14.3 Å². The lowest BCUT2D eigenvalue weighted by Gasteiger charge is -2.31. The van der Waals surface area contributed by atoms with E-state index in [1.165, 1.54) is 0 Å². The van der Waals surface area contributed by atoms with E-state index >= 15 is 0 Å². The predicted octanol–water partition coefficient (Wildman–Crippen LogP) is 3.58. The summed E-state index contributed by atoms with van der Waals surface area (Å²) >= 11 is 1.59. The standard InChI is InChI=1S/C17H17NO3S/c1-11-16(21-14-9-5-4-8-13(14)20-11)17(19)18-12-7-3-6-10-15(12)22-2/h3-11,16H,1-2H3,(H,18,19). The summed E-state index contributed by atoms with van der Waals surface area (Å²) in [5.74, 6) is 1.06. The van der Waals surface area contributed by atoms with Crippen molar-refractivity contribution in [2.45, 2.75) is 24.0 Å². The zero-order valence-corrected chi connectivity index (χ0v) is 13.2. The van der Waals surface area contributed by atoms with Crippen LogP contribution in [0.2, 0.25) is 0 Å². The van der Waals surface area contributed by atoms with E-state index in [1.807, 2.05) is 55.6 Å². The highest BCUT2D eigenvalue weighted by atomic mass is 32.2. The van der Waals surface area contributed by atoms with Gasteiger partial charge in [-0.25, -0.2) is 0 Å². The Hall–Kier alpha value is -2.14. The summed E-state index contributed by atoms with van der Waals surface area (Å²) in [4.78, 5) is 13.5. The molecular formula is C17H17NO3S. The molecule has 2 unspecified atom stereocenters. The van der Waals surface area contributed by atoms with Gasteiger partial charge in [-0.05, 0) is 37.4 Å². The third kappa shape index (κ3) is 2.90. The molecule has 0 saturated heterocycles. The van der Waals surface area contributed by atoms with Crippen LogP contribution in [0.1, 0.15) is 6.92 Å². The Balaban J connectivity index is 1.78. The van der Waals surface area contributed by atoms with Crippen molar-refractivity contribution in [1.82, 2.24) is 0 Å². The third-order valence-corrected chi connectivity index (χ3v) is 4.26. The molecule has 5 heteroatoms. The van der Waals surface area contributed by atoms with Crippen molar-refractivity contribution in [2.24, 2.45) is 0 Å². The summed E-state index contributed by atoms with van der Waals surface area (Å²) in [5, 5.41) is 2.93. The molecule has 2 aromatic rings. The molecule has 1 aliphatic heterocycles. The van der Waals surface area contributed by atoms with E-state index in [2.05, 4.69) is 5.32 Å². The highest BCUT2D eigenvalue weighted by molar-refractivity contribution is 7.98. The van der Waals surface area contributed by atoms with Crippen molar-refractivity contribution in [1.29, 1.82) is 0 Å². The molecule has 3 rings (SSSR count). The third-order valence-electron chi connectivity index (χ3n) is 3.47. The minimum absolute atomic E-state index is 0.205. The van der Waals surface area contributed by atoms with Gasteiger partial charge in [0.25, 0.3) is 5.91 Å². The van der Waals surface area contributed by atoms with Crippen molar-refractivity contribution >= 4 is 23.4 Å². The fraction of sp³-hybridized carbons (Fsp3) is 0.235. The highest BCUT2D eigenvalue weighted by Crippen LogP contribution is 2.34. The van der Waals surface area contributed by atoms with Crippen LogP contribution < -0.4 is 14.8 Å². The molecule has 0 aromatic heterocycles. The summed E-state index contributed by atoms with van der Waals surface area (Å²) in [6.45, 7) is 1.83. The van der Waals surface area contributed by atoms with E-state index in [1.54, 1.807) is 17.8 Å². The van der Waals surface area contributed by atoms with Gasteiger partial charge in [0.1, 0.15) is 6.10 Å². The van der Waals surface area contributed by atoms with Gasteiger partial charge in [-0.3, -0.25) is 4.79 Å². The first-order valence-electron chi connectivity index (χ1n) is 7.05. The van der Waals surface area contributed by atoms with Gasteiger partial charge in [-0.1, -0.05) is 24.3 Å². The van der Waals surface area contributed by atoms with Gasteiger partial charge in [0, 0.05) is 4.90 Å². The summed E-state index contributed by atoms with van der Waals surface area (Å²) in [5.41, 5.74) is 0.787. The maximum absolute atomic E-state index is 12.5. The van der Waals surface area contributed by atoms with E-state index in [0.29, 0.717) is 11.5 Å². The molecule has 1 aliphatic rings. The van der Waals surface area contributed by atoms with Crippen LogP contribution in [0, 0.1) is 0 Å². The number of anilines is 1. The molecule has 0 saturated carbocycles. The summed E-state index contributed by atoms with van der Waals surface area (Å²) < 4.78 is 11.6.